The van der Waals surface area contributed by atoms with Crippen LogP contribution in [-0.4, -0.2) is 42.1 Å². The zero-order valence-corrected chi connectivity index (χ0v) is 12.6. The summed E-state index contributed by atoms with van der Waals surface area (Å²) in [6.45, 7) is 4.79. The van der Waals surface area contributed by atoms with Crippen LogP contribution in [0.15, 0.2) is 0 Å². The van der Waals surface area contributed by atoms with Crippen LogP contribution >= 0.6 is 0 Å². The Balaban J connectivity index is 2.25. The molecule has 120 valence electrons. The van der Waals surface area contributed by atoms with Gasteiger partial charge in [0.05, 0.1) is 0 Å². The second-order valence-electron chi connectivity index (χ2n) is 5.99. The summed E-state index contributed by atoms with van der Waals surface area (Å²) in [6.07, 6.45) is 2.04. The third-order valence-corrected chi connectivity index (χ3v) is 3.41. The lowest BCUT2D eigenvalue weighted by Crippen LogP contribution is -2.44. The molecule has 0 aromatic carbocycles. The average molecular weight is 299 g/mol. The highest BCUT2D eigenvalue weighted by molar-refractivity contribution is 5.79. The van der Waals surface area contributed by atoms with E-state index >= 15 is 0 Å². The number of carbonyl (C=O) groups is 3. The summed E-state index contributed by atoms with van der Waals surface area (Å²) >= 11 is 0. The van der Waals surface area contributed by atoms with Gasteiger partial charge in [0.25, 0.3) is 0 Å². The van der Waals surface area contributed by atoms with Crippen molar-refractivity contribution in [2.24, 2.45) is 11.8 Å². The number of urea groups is 1. The van der Waals surface area contributed by atoms with Crippen LogP contribution in [0.4, 0.5) is 4.79 Å². The second kappa shape index (κ2) is 8.49. The van der Waals surface area contributed by atoms with Gasteiger partial charge in [0.15, 0.2) is 0 Å². The van der Waals surface area contributed by atoms with Gasteiger partial charge in [-0.2, -0.15) is 0 Å². The number of carboxylic acids is 1. The molecule has 1 aliphatic heterocycles. The fourth-order valence-corrected chi connectivity index (χ4v) is 2.50. The molecule has 0 radical (unpaired) electrons. The van der Waals surface area contributed by atoms with Gasteiger partial charge in [-0.05, 0) is 24.7 Å². The first-order valence-electron chi connectivity index (χ1n) is 7.39. The van der Waals surface area contributed by atoms with Gasteiger partial charge in [-0.1, -0.05) is 13.8 Å². The Hall–Kier alpha value is -1.79. The Morgan fingerprint density at radius 2 is 2.10 bits per heavy atom. The van der Waals surface area contributed by atoms with Crippen molar-refractivity contribution in [1.82, 2.24) is 16.0 Å². The van der Waals surface area contributed by atoms with Gasteiger partial charge >= 0.3 is 12.0 Å². The predicted octanol–water partition coefficient (Wildman–Crippen LogP) is 0.701. The molecule has 7 heteroatoms. The summed E-state index contributed by atoms with van der Waals surface area (Å²) in [5.74, 6) is -0.524. The number of carboxylic acid groups (broad SMARTS) is 1. The molecule has 1 rings (SSSR count). The molecular weight excluding hydrogens is 274 g/mol. The van der Waals surface area contributed by atoms with E-state index in [0.717, 1.165) is 12.8 Å². The van der Waals surface area contributed by atoms with E-state index in [1.807, 2.05) is 13.8 Å². The van der Waals surface area contributed by atoms with Crippen LogP contribution in [0.5, 0.6) is 0 Å². The van der Waals surface area contributed by atoms with E-state index in [2.05, 4.69) is 16.0 Å². The number of amides is 3. The van der Waals surface area contributed by atoms with Crippen molar-refractivity contribution >= 4 is 17.9 Å². The number of hydrogen-bond acceptors (Lipinski definition) is 3. The Morgan fingerprint density at radius 3 is 2.62 bits per heavy atom. The number of hydrogen-bond donors (Lipinski definition) is 4. The third kappa shape index (κ3) is 7.53. The fraction of sp³-hybridized carbons (Fsp3) is 0.786. The van der Waals surface area contributed by atoms with Crippen molar-refractivity contribution in [1.29, 1.82) is 0 Å². The smallest absolute Gasteiger partial charge is 0.314 e. The first-order valence-corrected chi connectivity index (χ1v) is 7.39. The van der Waals surface area contributed by atoms with E-state index in [1.165, 1.54) is 0 Å². The van der Waals surface area contributed by atoms with Gasteiger partial charge in [-0.25, -0.2) is 4.79 Å². The van der Waals surface area contributed by atoms with Crippen LogP contribution in [0.1, 0.15) is 39.5 Å². The predicted molar refractivity (Wildman–Crippen MR) is 77.8 cm³/mol. The normalized spacial score (nSPS) is 19.2. The molecule has 0 aromatic rings. The minimum Gasteiger partial charge on any atom is -0.481 e. The van der Waals surface area contributed by atoms with E-state index in [9.17, 15) is 14.4 Å². The molecule has 2 atom stereocenters. The topological polar surface area (TPSA) is 108 Å². The molecule has 0 aliphatic carbocycles. The summed E-state index contributed by atoms with van der Waals surface area (Å²) in [5.41, 5.74) is 0. The minimum absolute atomic E-state index is 0.00581. The molecule has 0 aromatic heterocycles. The largest absolute Gasteiger partial charge is 0.481 e. The molecule has 2 unspecified atom stereocenters. The molecule has 21 heavy (non-hydrogen) atoms. The van der Waals surface area contributed by atoms with Crippen LogP contribution in [0.2, 0.25) is 0 Å². The first kappa shape index (κ1) is 17.3. The number of nitrogens with one attached hydrogen (secondary N) is 3. The Bertz CT molecular complexity index is 384. The van der Waals surface area contributed by atoms with Crippen molar-refractivity contribution in [2.45, 2.75) is 45.6 Å². The summed E-state index contributed by atoms with van der Waals surface area (Å²) in [7, 11) is 0. The van der Waals surface area contributed by atoms with Gasteiger partial charge in [0.2, 0.25) is 5.91 Å². The number of carbonyl (C=O) groups excluding carboxylic acids is 2. The van der Waals surface area contributed by atoms with E-state index in [4.69, 9.17) is 5.11 Å². The Labute approximate surface area is 124 Å². The standard InChI is InChI=1S/C14H25N3O4/c1-9(2)5-10(6-13(19)20)7-15-14(21)16-8-11-3-4-12(18)17-11/h9-11H,3-8H2,1-2H3,(H,17,18)(H,19,20)(H2,15,16,21). The molecule has 4 N–H and O–H groups in total. The lowest BCUT2D eigenvalue weighted by Gasteiger charge is -2.18. The van der Waals surface area contributed by atoms with Crippen LogP contribution in [0, 0.1) is 11.8 Å². The Morgan fingerprint density at radius 1 is 1.38 bits per heavy atom. The maximum absolute atomic E-state index is 11.7. The molecule has 1 aliphatic rings. The van der Waals surface area contributed by atoms with Gasteiger partial charge in [0.1, 0.15) is 0 Å². The maximum Gasteiger partial charge on any atom is 0.314 e. The quantitative estimate of drug-likeness (QED) is 0.529. The van der Waals surface area contributed by atoms with E-state index in [0.29, 0.717) is 25.4 Å². The molecule has 0 saturated carbocycles. The molecule has 7 nitrogen and oxygen atoms in total. The SMILES string of the molecule is CC(C)CC(CNC(=O)NCC1CCC(=O)N1)CC(=O)O. The highest BCUT2D eigenvalue weighted by Crippen LogP contribution is 2.14. The first-order chi connectivity index (χ1) is 9.86. The molecule has 1 fully saturated rings. The maximum atomic E-state index is 11.7. The molecule has 1 saturated heterocycles. The third-order valence-electron chi connectivity index (χ3n) is 3.41. The molecule has 0 bridgehead atoms. The molecule has 1 heterocycles. The van der Waals surface area contributed by atoms with Crippen molar-refractivity contribution in [3.8, 4) is 0 Å². The van der Waals surface area contributed by atoms with E-state index in [1.54, 1.807) is 0 Å². The number of rotatable bonds is 8. The molecular formula is C14H25N3O4. The monoisotopic (exact) mass is 299 g/mol. The van der Waals surface area contributed by atoms with Crippen LogP contribution in [0.25, 0.3) is 0 Å². The van der Waals surface area contributed by atoms with Gasteiger partial charge in [0, 0.05) is 32.0 Å². The highest BCUT2D eigenvalue weighted by atomic mass is 16.4. The average Bonchev–Trinajstić information content (AvgIpc) is 2.78. The fourth-order valence-electron chi connectivity index (χ4n) is 2.50. The minimum atomic E-state index is -0.850. The second-order valence-corrected chi connectivity index (χ2v) is 5.99. The van der Waals surface area contributed by atoms with Crippen LogP contribution < -0.4 is 16.0 Å². The van der Waals surface area contributed by atoms with Crippen molar-refractivity contribution < 1.29 is 19.5 Å². The number of aliphatic carboxylic acids is 1. The van der Waals surface area contributed by atoms with E-state index in [-0.39, 0.29) is 30.3 Å². The molecule has 3 amide bonds. The summed E-state index contributed by atoms with van der Waals surface area (Å²) < 4.78 is 0. The Kier molecular flexibility index (Phi) is 6.98. The van der Waals surface area contributed by atoms with Crippen LogP contribution in [-0.2, 0) is 9.59 Å². The van der Waals surface area contributed by atoms with E-state index < -0.39 is 5.97 Å². The summed E-state index contributed by atoms with van der Waals surface area (Å²) in [4.78, 5) is 33.5. The van der Waals surface area contributed by atoms with Gasteiger partial charge < -0.3 is 21.1 Å². The van der Waals surface area contributed by atoms with Gasteiger partial charge in [-0.3, -0.25) is 9.59 Å². The lowest BCUT2D eigenvalue weighted by atomic mass is 9.94. The van der Waals surface area contributed by atoms with Crippen molar-refractivity contribution in [2.75, 3.05) is 13.1 Å². The summed E-state index contributed by atoms with van der Waals surface area (Å²) in [6, 6.07) is -0.330. The van der Waals surface area contributed by atoms with Crippen molar-refractivity contribution in [3.63, 3.8) is 0 Å². The summed E-state index contributed by atoms with van der Waals surface area (Å²) in [5, 5.41) is 17.0. The molecule has 0 spiro atoms. The van der Waals surface area contributed by atoms with Crippen LogP contribution in [0.3, 0.4) is 0 Å². The zero-order valence-electron chi connectivity index (χ0n) is 12.6. The van der Waals surface area contributed by atoms with Crippen molar-refractivity contribution in [3.05, 3.63) is 0 Å². The highest BCUT2D eigenvalue weighted by Gasteiger charge is 2.21. The lowest BCUT2D eigenvalue weighted by molar-refractivity contribution is -0.138. The zero-order chi connectivity index (χ0) is 15.8. The van der Waals surface area contributed by atoms with Gasteiger partial charge in [-0.15, -0.1) is 0 Å².